The van der Waals surface area contributed by atoms with Crippen molar-refractivity contribution in [2.24, 2.45) is 0 Å². The summed E-state index contributed by atoms with van der Waals surface area (Å²) >= 11 is 0. The van der Waals surface area contributed by atoms with Crippen molar-refractivity contribution in [3.63, 3.8) is 0 Å². The molecule has 1 amide bonds. The van der Waals surface area contributed by atoms with Gasteiger partial charge in [0, 0.05) is 11.8 Å². The Labute approximate surface area is 147 Å². The molecule has 0 heterocycles. The van der Waals surface area contributed by atoms with Crippen molar-refractivity contribution in [2.75, 3.05) is 12.4 Å². The Morgan fingerprint density at radius 3 is 2.68 bits per heavy atom. The van der Waals surface area contributed by atoms with Crippen LogP contribution in [0, 0.1) is 11.3 Å². The number of nitrogens with zero attached hydrogens (tertiary/aromatic N) is 1. The van der Waals surface area contributed by atoms with Gasteiger partial charge in [0.05, 0.1) is 24.8 Å². The lowest BCUT2D eigenvalue weighted by Crippen LogP contribution is -2.08. The molecule has 0 aromatic heterocycles. The second kappa shape index (κ2) is 8.55. The van der Waals surface area contributed by atoms with Gasteiger partial charge < -0.3 is 14.8 Å². The van der Waals surface area contributed by atoms with Crippen LogP contribution in [0.1, 0.15) is 25.0 Å². The quantitative estimate of drug-likeness (QED) is 0.809. The van der Waals surface area contributed by atoms with E-state index in [-0.39, 0.29) is 12.0 Å². The van der Waals surface area contributed by atoms with Crippen molar-refractivity contribution >= 4 is 17.7 Å². The molecule has 0 unspecified atom stereocenters. The largest absolute Gasteiger partial charge is 0.493 e. The Bertz CT molecular complexity index is 820. The number of carbonyl (C=O) groups is 1. The number of hydrogen-bond acceptors (Lipinski definition) is 4. The number of ether oxygens (including phenoxy) is 2. The van der Waals surface area contributed by atoms with Crippen LogP contribution in [0.25, 0.3) is 6.08 Å². The topological polar surface area (TPSA) is 71.3 Å². The van der Waals surface area contributed by atoms with Crippen LogP contribution in [0.5, 0.6) is 11.5 Å². The number of benzene rings is 2. The van der Waals surface area contributed by atoms with Gasteiger partial charge in [-0.3, -0.25) is 4.79 Å². The van der Waals surface area contributed by atoms with Crippen molar-refractivity contribution < 1.29 is 14.3 Å². The van der Waals surface area contributed by atoms with E-state index in [1.165, 1.54) is 6.08 Å². The van der Waals surface area contributed by atoms with Gasteiger partial charge in [0.15, 0.2) is 11.5 Å². The highest BCUT2D eigenvalue weighted by Crippen LogP contribution is 2.29. The molecule has 2 rings (SSSR count). The fourth-order valence-electron chi connectivity index (χ4n) is 2.16. The van der Waals surface area contributed by atoms with Crippen molar-refractivity contribution in [1.82, 2.24) is 0 Å². The monoisotopic (exact) mass is 336 g/mol. The van der Waals surface area contributed by atoms with E-state index >= 15 is 0 Å². The fourth-order valence-corrected chi connectivity index (χ4v) is 2.16. The minimum atomic E-state index is -0.281. The van der Waals surface area contributed by atoms with Crippen LogP contribution in [0.4, 0.5) is 5.69 Å². The van der Waals surface area contributed by atoms with E-state index in [9.17, 15) is 4.79 Å². The van der Waals surface area contributed by atoms with Gasteiger partial charge >= 0.3 is 0 Å². The summed E-state index contributed by atoms with van der Waals surface area (Å²) in [5.74, 6) is 0.988. The predicted octanol–water partition coefficient (Wildman–Crippen LogP) is 4.01. The molecule has 2 aromatic carbocycles. The van der Waals surface area contributed by atoms with E-state index in [1.54, 1.807) is 43.5 Å². The smallest absolute Gasteiger partial charge is 0.248 e. The van der Waals surface area contributed by atoms with E-state index in [0.717, 1.165) is 5.56 Å². The molecule has 0 bridgehead atoms. The van der Waals surface area contributed by atoms with Gasteiger partial charge in [-0.15, -0.1) is 0 Å². The van der Waals surface area contributed by atoms with E-state index in [1.807, 2.05) is 32.0 Å². The number of carbonyl (C=O) groups excluding carboxylic acids is 1. The summed E-state index contributed by atoms with van der Waals surface area (Å²) in [6, 6.07) is 14.2. The number of methoxy groups -OCH3 is 1. The summed E-state index contributed by atoms with van der Waals surface area (Å²) in [7, 11) is 1.57. The summed E-state index contributed by atoms with van der Waals surface area (Å²) in [6.45, 7) is 3.89. The molecule has 2 aromatic rings. The first-order valence-corrected chi connectivity index (χ1v) is 7.85. The lowest BCUT2D eigenvalue weighted by atomic mass is 10.2. The Hall–Kier alpha value is -3.26. The predicted molar refractivity (Wildman–Crippen MR) is 97.6 cm³/mol. The van der Waals surface area contributed by atoms with Gasteiger partial charge in [-0.1, -0.05) is 12.1 Å². The minimum absolute atomic E-state index is 0.0465. The highest BCUT2D eigenvalue weighted by atomic mass is 16.5. The van der Waals surface area contributed by atoms with E-state index in [0.29, 0.717) is 22.7 Å². The molecule has 5 nitrogen and oxygen atoms in total. The Morgan fingerprint density at radius 2 is 2.00 bits per heavy atom. The third-order valence-electron chi connectivity index (χ3n) is 3.24. The molecule has 0 atom stereocenters. The average Bonchev–Trinajstić information content (AvgIpc) is 2.60. The van der Waals surface area contributed by atoms with Gasteiger partial charge in [0.2, 0.25) is 5.91 Å². The second-order valence-corrected chi connectivity index (χ2v) is 5.59. The van der Waals surface area contributed by atoms with Crippen LogP contribution < -0.4 is 14.8 Å². The molecule has 0 aliphatic rings. The van der Waals surface area contributed by atoms with Gasteiger partial charge in [0.1, 0.15) is 0 Å². The lowest BCUT2D eigenvalue weighted by molar-refractivity contribution is -0.111. The molecule has 0 aliphatic heterocycles. The number of rotatable bonds is 6. The molecule has 128 valence electrons. The van der Waals surface area contributed by atoms with E-state index in [4.69, 9.17) is 14.7 Å². The lowest BCUT2D eigenvalue weighted by Gasteiger charge is -2.13. The zero-order valence-corrected chi connectivity index (χ0v) is 14.4. The van der Waals surface area contributed by atoms with Crippen LogP contribution >= 0.6 is 0 Å². The normalized spacial score (nSPS) is 10.5. The molecule has 0 aliphatic carbocycles. The number of anilines is 1. The second-order valence-electron chi connectivity index (χ2n) is 5.59. The number of hydrogen-bond donors (Lipinski definition) is 1. The SMILES string of the molecule is COc1cc(/C=C/C(=O)Nc2cccc(C#N)c2)ccc1OC(C)C. The number of amides is 1. The first kappa shape index (κ1) is 18.1. The van der Waals surface area contributed by atoms with Crippen molar-refractivity contribution in [2.45, 2.75) is 20.0 Å². The average molecular weight is 336 g/mol. The molecule has 25 heavy (non-hydrogen) atoms. The zero-order chi connectivity index (χ0) is 18.2. The van der Waals surface area contributed by atoms with Gasteiger partial charge in [0.25, 0.3) is 0 Å². The third-order valence-corrected chi connectivity index (χ3v) is 3.24. The van der Waals surface area contributed by atoms with Gasteiger partial charge in [-0.05, 0) is 55.8 Å². The molecule has 0 fully saturated rings. The molecule has 5 heteroatoms. The standard InChI is InChI=1S/C20H20N2O3/c1-14(2)25-18-9-7-15(12-19(18)24-3)8-10-20(23)22-17-6-4-5-16(11-17)13-21/h4-12,14H,1-3H3,(H,22,23)/b10-8+. The molecule has 0 saturated heterocycles. The van der Waals surface area contributed by atoms with Crippen LogP contribution in [-0.4, -0.2) is 19.1 Å². The summed E-state index contributed by atoms with van der Waals surface area (Å²) in [4.78, 5) is 12.0. The maximum Gasteiger partial charge on any atom is 0.248 e. The Morgan fingerprint density at radius 1 is 1.20 bits per heavy atom. The molecular formula is C20H20N2O3. The Balaban J connectivity index is 2.07. The molecule has 1 N–H and O–H groups in total. The summed E-state index contributed by atoms with van der Waals surface area (Å²) in [5.41, 5.74) is 1.88. The van der Waals surface area contributed by atoms with Crippen LogP contribution in [-0.2, 0) is 4.79 Å². The van der Waals surface area contributed by atoms with Crippen LogP contribution in [0.3, 0.4) is 0 Å². The molecule has 0 saturated carbocycles. The summed E-state index contributed by atoms with van der Waals surface area (Å²) < 4.78 is 11.0. The zero-order valence-electron chi connectivity index (χ0n) is 14.4. The minimum Gasteiger partial charge on any atom is -0.493 e. The van der Waals surface area contributed by atoms with E-state index < -0.39 is 0 Å². The van der Waals surface area contributed by atoms with Gasteiger partial charge in [-0.2, -0.15) is 5.26 Å². The number of nitriles is 1. The third kappa shape index (κ3) is 5.40. The summed E-state index contributed by atoms with van der Waals surface area (Å²) in [6.07, 6.45) is 3.16. The molecular weight excluding hydrogens is 316 g/mol. The first-order chi connectivity index (χ1) is 12.0. The first-order valence-electron chi connectivity index (χ1n) is 7.85. The van der Waals surface area contributed by atoms with Crippen LogP contribution in [0.2, 0.25) is 0 Å². The maximum absolute atomic E-state index is 12.0. The number of nitrogens with one attached hydrogen (secondary N) is 1. The highest BCUT2D eigenvalue weighted by Gasteiger charge is 2.07. The van der Waals surface area contributed by atoms with Crippen molar-refractivity contribution in [1.29, 1.82) is 5.26 Å². The summed E-state index contributed by atoms with van der Waals surface area (Å²) in [5, 5.41) is 11.6. The maximum atomic E-state index is 12.0. The molecule has 0 spiro atoms. The van der Waals surface area contributed by atoms with Crippen LogP contribution in [0.15, 0.2) is 48.5 Å². The molecule has 0 radical (unpaired) electrons. The van der Waals surface area contributed by atoms with E-state index in [2.05, 4.69) is 5.32 Å². The van der Waals surface area contributed by atoms with Crippen molar-refractivity contribution in [3.8, 4) is 17.6 Å². The van der Waals surface area contributed by atoms with Gasteiger partial charge in [-0.25, -0.2) is 0 Å². The fraction of sp³-hybridized carbons (Fsp3) is 0.200. The Kier molecular flexibility index (Phi) is 6.19. The highest BCUT2D eigenvalue weighted by molar-refractivity contribution is 6.02. The van der Waals surface area contributed by atoms with Crippen molar-refractivity contribution in [3.05, 3.63) is 59.7 Å².